The highest BCUT2D eigenvalue weighted by molar-refractivity contribution is 5.75. The van der Waals surface area contributed by atoms with Gasteiger partial charge in [-0.1, -0.05) is 32.9 Å². The third-order valence-corrected chi connectivity index (χ3v) is 2.57. The summed E-state index contributed by atoms with van der Waals surface area (Å²) in [7, 11) is 0. The highest BCUT2D eigenvalue weighted by atomic mass is 16.3. The second kappa shape index (κ2) is 4.17. The van der Waals surface area contributed by atoms with Gasteiger partial charge in [-0.25, -0.2) is 4.98 Å². The Balaban J connectivity index is 2.33. The molecule has 88 valence electrons. The molecule has 0 N–H and O–H groups in total. The molecule has 0 aliphatic heterocycles. The van der Waals surface area contributed by atoms with Gasteiger partial charge < -0.3 is 4.42 Å². The monoisotopic (exact) mass is 229 g/mol. The van der Waals surface area contributed by atoms with Crippen LogP contribution in [0.25, 0.3) is 11.5 Å². The predicted octanol–water partition coefficient (Wildman–Crippen LogP) is 3.45. The fraction of sp³-hybridized carbons (Fsp3) is 0.286. The van der Waals surface area contributed by atoms with E-state index in [-0.39, 0.29) is 5.41 Å². The molecule has 3 nitrogen and oxygen atoms in total. The summed E-state index contributed by atoms with van der Waals surface area (Å²) in [5, 5.41) is 0. The lowest BCUT2D eigenvalue weighted by Gasteiger charge is -2.12. The van der Waals surface area contributed by atoms with Gasteiger partial charge in [-0.05, 0) is 12.1 Å². The Labute approximate surface area is 100 Å². The van der Waals surface area contributed by atoms with E-state index in [1.54, 1.807) is 18.4 Å². The van der Waals surface area contributed by atoms with Crippen LogP contribution in [0, 0.1) is 0 Å². The number of carbonyl (C=O) groups is 1. The Morgan fingerprint density at radius 3 is 2.29 bits per heavy atom. The zero-order valence-corrected chi connectivity index (χ0v) is 10.2. The first-order chi connectivity index (χ1) is 8.00. The van der Waals surface area contributed by atoms with Crippen LogP contribution >= 0.6 is 0 Å². The topological polar surface area (TPSA) is 43.1 Å². The molecule has 2 rings (SSSR count). The van der Waals surface area contributed by atoms with Gasteiger partial charge >= 0.3 is 0 Å². The smallest absolute Gasteiger partial charge is 0.226 e. The lowest BCUT2D eigenvalue weighted by molar-refractivity contribution is 0.112. The Kier molecular flexibility index (Phi) is 2.84. The largest absolute Gasteiger partial charge is 0.444 e. The van der Waals surface area contributed by atoms with Gasteiger partial charge in [0.25, 0.3) is 0 Å². The number of rotatable bonds is 2. The molecule has 0 aliphatic rings. The van der Waals surface area contributed by atoms with Crippen LogP contribution in [0.15, 0.2) is 34.9 Å². The molecular weight excluding hydrogens is 214 g/mol. The Bertz CT molecular complexity index is 518. The van der Waals surface area contributed by atoms with Crippen molar-refractivity contribution >= 4 is 6.29 Å². The van der Waals surface area contributed by atoms with Crippen molar-refractivity contribution in [2.75, 3.05) is 0 Å². The molecule has 0 aliphatic carbocycles. The van der Waals surface area contributed by atoms with Crippen molar-refractivity contribution in [3.8, 4) is 11.5 Å². The van der Waals surface area contributed by atoms with E-state index in [0.29, 0.717) is 11.5 Å². The number of oxazole rings is 1. The summed E-state index contributed by atoms with van der Waals surface area (Å²) in [6.07, 6.45) is 2.50. The number of carbonyl (C=O) groups excluding carboxylic acids is 1. The Hall–Kier alpha value is -1.90. The van der Waals surface area contributed by atoms with Crippen molar-refractivity contribution in [1.29, 1.82) is 0 Å². The molecule has 0 amide bonds. The molecule has 0 fully saturated rings. The molecule has 2 aromatic rings. The number of aldehydes is 1. The first-order valence-electron chi connectivity index (χ1n) is 5.52. The lowest BCUT2D eigenvalue weighted by Crippen LogP contribution is -2.11. The average molecular weight is 229 g/mol. The fourth-order valence-electron chi connectivity index (χ4n) is 1.46. The third-order valence-electron chi connectivity index (χ3n) is 2.57. The lowest BCUT2D eigenvalue weighted by atomic mass is 9.93. The van der Waals surface area contributed by atoms with Gasteiger partial charge in [0.2, 0.25) is 5.89 Å². The fourth-order valence-corrected chi connectivity index (χ4v) is 1.46. The molecule has 1 heterocycles. The van der Waals surface area contributed by atoms with E-state index >= 15 is 0 Å². The van der Waals surface area contributed by atoms with Crippen molar-refractivity contribution in [1.82, 2.24) is 4.98 Å². The van der Waals surface area contributed by atoms with Gasteiger partial charge in [0, 0.05) is 16.5 Å². The predicted molar refractivity (Wildman–Crippen MR) is 66.0 cm³/mol. The van der Waals surface area contributed by atoms with Crippen LogP contribution in [0.5, 0.6) is 0 Å². The molecular formula is C14H15NO2. The Morgan fingerprint density at radius 2 is 1.82 bits per heavy atom. The molecule has 1 aromatic heterocycles. The first kappa shape index (κ1) is 11.6. The number of hydrogen-bond acceptors (Lipinski definition) is 3. The molecule has 0 bridgehead atoms. The van der Waals surface area contributed by atoms with Gasteiger partial charge in [0.05, 0.1) is 5.69 Å². The van der Waals surface area contributed by atoms with Gasteiger partial charge in [-0.3, -0.25) is 4.79 Å². The summed E-state index contributed by atoms with van der Waals surface area (Å²) >= 11 is 0. The van der Waals surface area contributed by atoms with E-state index in [0.717, 1.165) is 17.5 Å². The second-order valence-electron chi connectivity index (χ2n) is 5.03. The van der Waals surface area contributed by atoms with E-state index in [9.17, 15) is 4.79 Å². The normalized spacial score (nSPS) is 11.5. The molecule has 0 saturated heterocycles. The van der Waals surface area contributed by atoms with E-state index in [4.69, 9.17) is 4.42 Å². The Morgan fingerprint density at radius 1 is 1.18 bits per heavy atom. The number of hydrogen-bond donors (Lipinski definition) is 0. The van der Waals surface area contributed by atoms with Crippen molar-refractivity contribution in [2.24, 2.45) is 0 Å². The van der Waals surface area contributed by atoms with E-state index < -0.39 is 0 Å². The summed E-state index contributed by atoms with van der Waals surface area (Å²) in [5.41, 5.74) is 2.43. The minimum atomic E-state index is -0.0233. The summed E-state index contributed by atoms with van der Waals surface area (Å²) in [6.45, 7) is 6.26. The van der Waals surface area contributed by atoms with E-state index in [2.05, 4.69) is 25.8 Å². The summed E-state index contributed by atoms with van der Waals surface area (Å²) in [6, 6.07) is 7.18. The summed E-state index contributed by atoms with van der Waals surface area (Å²) in [5.74, 6) is 0.590. The standard InChI is InChI=1S/C14H15NO2/c1-14(2,3)12-9-17-13(15-12)11-6-4-10(8-16)5-7-11/h4-9H,1-3H3. The molecule has 1 aromatic carbocycles. The second-order valence-corrected chi connectivity index (χ2v) is 5.03. The number of aromatic nitrogens is 1. The van der Waals surface area contributed by atoms with Crippen LogP contribution in [0.4, 0.5) is 0 Å². The number of benzene rings is 1. The van der Waals surface area contributed by atoms with Gasteiger partial charge in [-0.15, -0.1) is 0 Å². The number of nitrogens with zero attached hydrogens (tertiary/aromatic N) is 1. The third kappa shape index (κ3) is 2.44. The molecule has 0 spiro atoms. The van der Waals surface area contributed by atoms with Crippen molar-refractivity contribution in [2.45, 2.75) is 26.2 Å². The average Bonchev–Trinajstić information content (AvgIpc) is 2.78. The molecule has 0 atom stereocenters. The van der Waals surface area contributed by atoms with E-state index in [1.807, 2.05) is 12.1 Å². The van der Waals surface area contributed by atoms with Crippen LogP contribution in [0.3, 0.4) is 0 Å². The van der Waals surface area contributed by atoms with Crippen molar-refractivity contribution in [3.05, 3.63) is 41.8 Å². The zero-order valence-electron chi connectivity index (χ0n) is 10.2. The van der Waals surface area contributed by atoms with Crippen LogP contribution in [0.2, 0.25) is 0 Å². The minimum Gasteiger partial charge on any atom is -0.444 e. The summed E-state index contributed by atoms with van der Waals surface area (Å²) in [4.78, 5) is 15.0. The maximum atomic E-state index is 10.6. The van der Waals surface area contributed by atoms with Crippen LogP contribution in [0.1, 0.15) is 36.8 Å². The molecule has 0 radical (unpaired) electrons. The molecule has 17 heavy (non-hydrogen) atoms. The zero-order chi connectivity index (χ0) is 12.5. The molecule has 0 saturated carbocycles. The van der Waals surface area contributed by atoms with Crippen molar-refractivity contribution < 1.29 is 9.21 Å². The minimum absolute atomic E-state index is 0.0233. The maximum Gasteiger partial charge on any atom is 0.226 e. The van der Waals surface area contributed by atoms with Crippen LogP contribution < -0.4 is 0 Å². The van der Waals surface area contributed by atoms with Crippen LogP contribution in [-0.4, -0.2) is 11.3 Å². The van der Waals surface area contributed by atoms with Gasteiger partial charge in [0.1, 0.15) is 12.5 Å². The van der Waals surface area contributed by atoms with E-state index in [1.165, 1.54) is 0 Å². The summed E-state index contributed by atoms with van der Waals surface area (Å²) < 4.78 is 5.45. The quantitative estimate of drug-likeness (QED) is 0.741. The SMILES string of the molecule is CC(C)(C)c1coc(-c2ccc(C=O)cc2)n1. The molecule has 3 heteroatoms. The van der Waals surface area contributed by atoms with Gasteiger partial charge in [0.15, 0.2) is 0 Å². The highest BCUT2D eigenvalue weighted by Gasteiger charge is 2.19. The highest BCUT2D eigenvalue weighted by Crippen LogP contribution is 2.25. The molecule has 0 unspecified atom stereocenters. The first-order valence-corrected chi connectivity index (χ1v) is 5.52. The van der Waals surface area contributed by atoms with Crippen LogP contribution in [-0.2, 0) is 5.41 Å². The maximum absolute atomic E-state index is 10.6. The van der Waals surface area contributed by atoms with Gasteiger partial charge in [-0.2, -0.15) is 0 Å². The van der Waals surface area contributed by atoms with Crippen molar-refractivity contribution in [3.63, 3.8) is 0 Å².